The van der Waals surface area contributed by atoms with E-state index in [0.29, 0.717) is 28.9 Å². The molecular formula is C13H18N4O2S. The van der Waals surface area contributed by atoms with Crippen molar-refractivity contribution >= 4 is 17.4 Å². The van der Waals surface area contributed by atoms with Gasteiger partial charge in [0.25, 0.3) is 0 Å². The van der Waals surface area contributed by atoms with Crippen LogP contribution in [-0.2, 0) is 12.3 Å². The number of nitrogen functional groups attached to an aromatic ring is 1. The lowest BCUT2D eigenvalue weighted by Gasteiger charge is -2.07. The minimum absolute atomic E-state index is 0.163. The van der Waals surface area contributed by atoms with Crippen LogP contribution in [0.4, 0.5) is 5.69 Å². The summed E-state index contributed by atoms with van der Waals surface area (Å²) in [5.41, 5.74) is 7.38. The van der Waals surface area contributed by atoms with Gasteiger partial charge in [-0.3, -0.25) is 4.57 Å². The van der Waals surface area contributed by atoms with Crippen LogP contribution in [0, 0.1) is 0 Å². The Morgan fingerprint density at radius 1 is 1.50 bits per heavy atom. The van der Waals surface area contributed by atoms with Gasteiger partial charge in [0.1, 0.15) is 5.75 Å². The summed E-state index contributed by atoms with van der Waals surface area (Å²) in [5, 5.41) is 7.22. The Balaban J connectivity index is 2.09. The molecule has 7 heteroatoms. The molecule has 0 atom stereocenters. The highest BCUT2D eigenvalue weighted by Crippen LogP contribution is 2.26. The number of aromatic nitrogens is 3. The van der Waals surface area contributed by atoms with Crippen LogP contribution in [0.2, 0.25) is 0 Å². The van der Waals surface area contributed by atoms with Crippen LogP contribution in [0.25, 0.3) is 0 Å². The lowest BCUT2D eigenvalue weighted by atomic mass is 10.2. The van der Waals surface area contributed by atoms with E-state index < -0.39 is 0 Å². The van der Waals surface area contributed by atoms with Crippen molar-refractivity contribution in [1.82, 2.24) is 14.8 Å². The number of benzene rings is 1. The number of methoxy groups -OCH3 is 1. The molecule has 0 bridgehead atoms. The molecule has 3 N–H and O–H groups in total. The molecule has 1 aromatic heterocycles. The topological polar surface area (TPSA) is 85.9 Å². The third-order valence-corrected chi connectivity index (χ3v) is 3.88. The molecule has 0 amide bonds. The van der Waals surface area contributed by atoms with E-state index in [-0.39, 0.29) is 5.69 Å². The van der Waals surface area contributed by atoms with Crippen molar-refractivity contribution in [3.63, 3.8) is 0 Å². The van der Waals surface area contributed by atoms with Crippen LogP contribution in [0.15, 0.2) is 28.2 Å². The monoisotopic (exact) mass is 294 g/mol. The van der Waals surface area contributed by atoms with Gasteiger partial charge in [-0.15, -0.1) is 5.10 Å². The van der Waals surface area contributed by atoms with Crippen molar-refractivity contribution in [2.24, 2.45) is 0 Å². The third-order valence-electron chi connectivity index (χ3n) is 2.83. The van der Waals surface area contributed by atoms with Crippen molar-refractivity contribution in [3.05, 3.63) is 34.2 Å². The molecular weight excluding hydrogens is 276 g/mol. The highest BCUT2D eigenvalue weighted by molar-refractivity contribution is 7.98. The van der Waals surface area contributed by atoms with Gasteiger partial charge in [-0.1, -0.05) is 24.8 Å². The van der Waals surface area contributed by atoms with Crippen LogP contribution in [0.5, 0.6) is 5.75 Å². The third kappa shape index (κ3) is 3.16. The fourth-order valence-corrected chi connectivity index (χ4v) is 2.77. The number of H-pyrrole nitrogens is 1. The number of nitrogens with one attached hydrogen (secondary N) is 1. The first-order chi connectivity index (χ1) is 9.65. The van der Waals surface area contributed by atoms with Crippen LogP contribution >= 0.6 is 11.8 Å². The Bertz CT molecular complexity index is 636. The number of nitrogens with two attached hydrogens (primary N) is 1. The quantitative estimate of drug-likeness (QED) is 0.627. The largest absolute Gasteiger partial charge is 0.495 e. The van der Waals surface area contributed by atoms with Gasteiger partial charge < -0.3 is 10.5 Å². The van der Waals surface area contributed by atoms with Gasteiger partial charge >= 0.3 is 5.69 Å². The molecule has 0 unspecified atom stereocenters. The Hall–Kier alpha value is -1.89. The number of hydrogen-bond acceptors (Lipinski definition) is 5. The van der Waals surface area contributed by atoms with E-state index in [1.165, 1.54) is 11.8 Å². The van der Waals surface area contributed by atoms with Gasteiger partial charge in [0.15, 0.2) is 5.16 Å². The zero-order valence-electron chi connectivity index (χ0n) is 11.5. The minimum Gasteiger partial charge on any atom is -0.495 e. The Morgan fingerprint density at radius 3 is 2.95 bits per heavy atom. The predicted octanol–water partition coefficient (Wildman–Crippen LogP) is 1.86. The summed E-state index contributed by atoms with van der Waals surface area (Å²) in [5.74, 6) is 1.36. The smallest absolute Gasteiger partial charge is 0.343 e. The summed E-state index contributed by atoms with van der Waals surface area (Å²) in [6, 6.07) is 5.67. The average Bonchev–Trinajstić information content (AvgIpc) is 2.78. The Labute approximate surface area is 121 Å². The Morgan fingerprint density at radius 2 is 2.30 bits per heavy atom. The molecule has 0 fully saturated rings. The van der Waals surface area contributed by atoms with E-state index >= 15 is 0 Å². The van der Waals surface area contributed by atoms with Crippen molar-refractivity contribution in [1.29, 1.82) is 0 Å². The first kappa shape index (κ1) is 14.5. The summed E-state index contributed by atoms with van der Waals surface area (Å²) < 4.78 is 6.77. The van der Waals surface area contributed by atoms with Crippen molar-refractivity contribution < 1.29 is 4.74 Å². The second-order valence-corrected chi connectivity index (χ2v) is 5.27. The number of thioether (sulfide) groups is 1. The first-order valence-electron chi connectivity index (χ1n) is 6.36. The minimum atomic E-state index is -0.163. The van der Waals surface area contributed by atoms with Gasteiger partial charge in [-0.05, 0) is 24.1 Å². The molecule has 0 aliphatic rings. The number of nitrogens with zero attached hydrogens (tertiary/aromatic N) is 2. The Kier molecular flexibility index (Phi) is 4.73. The zero-order valence-corrected chi connectivity index (χ0v) is 12.4. The standard InChI is InChI=1S/C13H18N4O2S/c1-3-6-17-12(18)15-16-13(17)20-8-9-4-5-11(19-2)10(14)7-9/h4-5,7H,3,6,8,14H2,1-2H3,(H,15,18). The highest BCUT2D eigenvalue weighted by Gasteiger charge is 2.09. The van der Waals surface area contributed by atoms with Gasteiger partial charge in [0.2, 0.25) is 0 Å². The molecule has 1 aromatic carbocycles. The average molecular weight is 294 g/mol. The molecule has 2 aromatic rings. The van der Waals surface area contributed by atoms with Crippen molar-refractivity contribution in [3.8, 4) is 5.75 Å². The van der Waals surface area contributed by atoms with Crippen LogP contribution < -0.4 is 16.2 Å². The summed E-state index contributed by atoms with van der Waals surface area (Å²) in [6.45, 7) is 2.69. The van der Waals surface area contributed by atoms with E-state index in [0.717, 1.165) is 12.0 Å². The number of aromatic amines is 1. The van der Waals surface area contributed by atoms with E-state index in [9.17, 15) is 4.79 Å². The molecule has 0 saturated carbocycles. The van der Waals surface area contributed by atoms with Gasteiger partial charge in [-0.2, -0.15) is 0 Å². The molecule has 20 heavy (non-hydrogen) atoms. The van der Waals surface area contributed by atoms with Crippen LogP contribution in [-0.4, -0.2) is 21.9 Å². The summed E-state index contributed by atoms with van der Waals surface area (Å²) >= 11 is 1.51. The number of rotatable bonds is 6. The highest BCUT2D eigenvalue weighted by atomic mass is 32.2. The van der Waals surface area contributed by atoms with Gasteiger partial charge in [0, 0.05) is 12.3 Å². The molecule has 1 heterocycles. The second-order valence-electron chi connectivity index (χ2n) is 4.33. The van der Waals surface area contributed by atoms with Gasteiger partial charge in [-0.25, -0.2) is 9.89 Å². The van der Waals surface area contributed by atoms with Crippen LogP contribution in [0.1, 0.15) is 18.9 Å². The molecule has 0 radical (unpaired) electrons. The zero-order chi connectivity index (χ0) is 14.5. The summed E-state index contributed by atoms with van der Waals surface area (Å²) in [7, 11) is 1.59. The molecule has 6 nitrogen and oxygen atoms in total. The van der Waals surface area contributed by atoms with E-state index in [1.807, 2.05) is 25.1 Å². The molecule has 0 saturated heterocycles. The SMILES string of the molecule is CCCn1c(SCc2ccc(OC)c(N)c2)n[nH]c1=O. The fraction of sp³-hybridized carbons (Fsp3) is 0.385. The lowest BCUT2D eigenvalue weighted by molar-refractivity contribution is 0.417. The molecule has 2 rings (SSSR count). The maximum Gasteiger partial charge on any atom is 0.343 e. The fourth-order valence-electron chi connectivity index (χ4n) is 1.86. The summed E-state index contributed by atoms with van der Waals surface area (Å²) in [4.78, 5) is 11.6. The maximum atomic E-state index is 11.6. The number of hydrogen-bond donors (Lipinski definition) is 2. The summed E-state index contributed by atoms with van der Waals surface area (Å²) in [6.07, 6.45) is 0.891. The predicted molar refractivity (Wildman–Crippen MR) is 80.1 cm³/mol. The lowest BCUT2D eigenvalue weighted by Crippen LogP contribution is -2.17. The number of ether oxygens (including phenoxy) is 1. The molecule has 0 spiro atoms. The second kappa shape index (κ2) is 6.51. The van der Waals surface area contributed by atoms with Gasteiger partial charge in [0.05, 0.1) is 12.8 Å². The van der Waals surface area contributed by atoms with Crippen LogP contribution in [0.3, 0.4) is 0 Å². The maximum absolute atomic E-state index is 11.6. The van der Waals surface area contributed by atoms with E-state index in [1.54, 1.807) is 11.7 Å². The van der Waals surface area contributed by atoms with E-state index in [4.69, 9.17) is 10.5 Å². The van der Waals surface area contributed by atoms with Crippen molar-refractivity contribution in [2.75, 3.05) is 12.8 Å². The first-order valence-corrected chi connectivity index (χ1v) is 7.34. The molecule has 108 valence electrons. The number of anilines is 1. The molecule has 0 aliphatic heterocycles. The van der Waals surface area contributed by atoms with E-state index in [2.05, 4.69) is 10.2 Å². The molecule has 0 aliphatic carbocycles. The normalized spacial score (nSPS) is 10.7. The van der Waals surface area contributed by atoms with Crippen molar-refractivity contribution in [2.45, 2.75) is 30.8 Å².